The molecule has 0 aliphatic carbocycles. The zero-order chi connectivity index (χ0) is 16.9. The summed E-state index contributed by atoms with van der Waals surface area (Å²) in [6.07, 6.45) is 0.948. The van der Waals surface area contributed by atoms with E-state index >= 15 is 0 Å². The zero-order valence-electron chi connectivity index (χ0n) is 13.8. The molecule has 1 atom stereocenters. The third kappa shape index (κ3) is 3.88. The number of aliphatic hydroxyl groups is 1. The maximum atomic E-state index is 14.0. The van der Waals surface area contributed by atoms with E-state index in [4.69, 9.17) is 4.74 Å². The number of nitrogens with zero attached hydrogens (tertiary/aromatic N) is 3. The molecule has 0 bridgehead atoms. The molecule has 24 heavy (non-hydrogen) atoms. The standard InChI is InChI=1S/C18H22FN3O2/c1-13-20-17(15-6-9-24-12-15)10-18(21-13)22(7-8-23)11-14-4-2-3-5-16(14)19/h2-5,10,15,23H,6-9,11-12H2,1H3/t15-/m0/s1. The van der Waals surface area contributed by atoms with Crippen LogP contribution in [0.2, 0.25) is 0 Å². The van der Waals surface area contributed by atoms with Crippen molar-refractivity contribution in [1.82, 2.24) is 9.97 Å². The highest BCUT2D eigenvalue weighted by molar-refractivity contribution is 5.42. The van der Waals surface area contributed by atoms with Crippen molar-refractivity contribution in [2.24, 2.45) is 0 Å². The number of hydrogen-bond acceptors (Lipinski definition) is 5. The summed E-state index contributed by atoms with van der Waals surface area (Å²) in [6.45, 7) is 3.97. The molecule has 1 aromatic carbocycles. The Balaban J connectivity index is 1.88. The van der Waals surface area contributed by atoms with Crippen molar-refractivity contribution >= 4 is 5.82 Å². The SMILES string of the molecule is Cc1nc([C@H]2CCOC2)cc(N(CCO)Cc2ccccc2F)n1. The van der Waals surface area contributed by atoms with E-state index in [2.05, 4.69) is 9.97 Å². The first kappa shape index (κ1) is 16.8. The number of anilines is 1. The molecule has 1 aromatic heterocycles. The lowest BCUT2D eigenvalue weighted by atomic mass is 10.0. The first-order valence-corrected chi connectivity index (χ1v) is 8.20. The molecule has 0 saturated carbocycles. The molecule has 128 valence electrons. The molecule has 1 aliphatic rings. The molecule has 3 rings (SSSR count). The first-order chi connectivity index (χ1) is 11.7. The van der Waals surface area contributed by atoms with Crippen molar-refractivity contribution < 1.29 is 14.2 Å². The van der Waals surface area contributed by atoms with E-state index in [0.29, 0.717) is 36.9 Å². The van der Waals surface area contributed by atoms with Crippen molar-refractivity contribution in [1.29, 1.82) is 0 Å². The largest absolute Gasteiger partial charge is 0.395 e. The monoisotopic (exact) mass is 331 g/mol. The summed E-state index contributed by atoms with van der Waals surface area (Å²) in [6, 6.07) is 8.60. The Bertz CT molecular complexity index is 690. The maximum Gasteiger partial charge on any atom is 0.132 e. The summed E-state index contributed by atoms with van der Waals surface area (Å²) in [5, 5.41) is 9.40. The topological polar surface area (TPSA) is 58.5 Å². The predicted molar refractivity (Wildman–Crippen MR) is 89.5 cm³/mol. The Morgan fingerprint density at radius 3 is 2.88 bits per heavy atom. The zero-order valence-corrected chi connectivity index (χ0v) is 13.8. The number of rotatable bonds is 6. The van der Waals surface area contributed by atoms with Gasteiger partial charge in [-0.1, -0.05) is 18.2 Å². The second kappa shape index (κ2) is 7.68. The van der Waals surface area contributed by atoms with Crippen LogP contribution in [0.25, 0.3) is 0 Å². The van der Waals surface area contributed by atoms with Crippen LogP contribution >= 0.6 is 0 Å². The van der Waals surface area contributed by atoms with Gasteiger partial charge in [0.25, 0.3) is 0 Å². The van der Waals surface area contributed by atoms with Gasteiger partial charge < -0.3 is 14.7 Å². The van der Waals surface area contributed by atoms with Gasteiger partial charge in [0.2, 0.25) is 0 Å². The van der Waals surface area contributed by atoms with Gasteiger partial charge in [-0.3, -0.25) is 0 Å². The van der Waals surface area contributed by atoms with E-state index in [1.165, 1.54) is 6.07 Å². The Hall–Kier alpha value is -2.05. The van der Waals surface area contributed by atoms with Gasteiger partial charge in [-0.25, -0.2) is 14.4 Å². The van der Waals surface area contributed by atoms with Crippen LogP contribution in [0.5, 0.6) is 0 Å². The number of hydrogen-bond donors (Lipinski definition) is 1. The minimum Gasteiger partial charge on any atom is -0.395 e. The maximum absolute atomic E-state index is 14.0. The molecular weight excluding hydrogens is 309 g/mol. The Morgan fingerprint density at radius 2 is 2.17 bits per heavy atom. The second-order valence-corrected chi connectivity index (χ2v) is 6.00. The van der Waals surface area contributed by atoms with Crippen LogP contribution in [0.3, 0.4) is 0 Å². The fourth-order valence-electron chi connectivity index (χ4n) is 2.94. The highest BCUT2D eigenvalue weighted by Gasteiger charge is 2.21. The molecule has 1 saturated heterocycles. The van der Waals surface area contributed by atoms with Crippen LogP contribution in [-0.2, 0) is 11.3 Å². The number of aliphatic hydroxyl groups excluding tert-OH is 1. The van der Waals surface area contributed by atoms with Crippen LogP contribution in [0.15, 0.2) is 30.3 Å². The van der Waals surface area contributed by atoms with Gasteiger partial charge >= 0.3 is 0 Å². The molecule has 0 unspecified atom stereocenters. The van der Waals surface area contributed by atoms with Crippen LogP contribution in [0.4, 0.5) is 10.2 Å². The highest BCUT2D eigenvalue weighted by Crippen LogP contribution is 2.26. The van der Waals surface area contributed by atoms with Gasteiger partial charge in [-0.05, 0) is 19.4 Å². The average Bonchev–Trinajstić information content (AvgIpc) is 3.10. The fourth-order valence-corrected chi connectivity index (χ4v) is 2.94. The molecule has 5 nitrogen and oxygen atoms in total. The molecule has 2 heterocycles. The van der Waals surface area contributed by atoms with Gasteiger partial charge in [-0.15, -0.1) is 0 Å². The molecule has 0 radical (unpaired) electrons. The Morgan fingerprint density at radius 1 is 1.33 bits per heavy atom. The van der Waals surface area contributed by atoms with Gasteiger partial charge in [0, 0.05) is 37.2 Å². The van der Waals surface area contributed by atoms with Crippen molar-refractivity contribution in [3.05, 3.63) is 53.2 Å². The van der Waals surface area contributed by atoms with Crippen molar-refractivity contribution in [3.63, 3.8) is 0 Å². The van der Waals surface area contributed by atoms with Crippen LogP contribution in [0.1, 0.15) is 29.4 Å². The van der Waals surface area contributed by atoms with Crippen molar-refractivity contribution in [2.75, 3.05) is 31.3 Å². The summed E-state index contributed by atoms with van der Waals surface area (Å²) in [5.41, 5.74) is 1.53. The van der Waals surface area contributed by atoms with E-state index in [1.54, 1.807) is 12.1 Å². The lowest BCUT2D eigenvalue weighted by Crippen LogP contribution is -2.28. The van der Waals surface area contributed by atoms with Crippen LogP contribution < -0.4 is 4.90 Å². The molecule has 6 heteroatoms. The van der Waals surface area contributed by atoms with E-state index in [0.717, 1.165) is 18.7 Å². The lowest BCUT2D eigenvalue weighted by molar-refractivity contribution is 0.193. The molecule has 0 spiro atoms. The number of benzene rings is 1. The summed E-state index contributed by atoms with van der Waals surface area (Å²) in [5.74, 6) is 1.40. The fraction of sp³-hybridized carbons (Fsp3) is 0.444. The summed E-state index contributed by atoms with van der Waals surface area (Å²) >= 11 is 0. The Labute approximate surface area is 141 Å². The average molecular weight is 331 g/mol. The van der Waals surface area contributed by atoms with Gasteiger partial charge in [0.1, 0.15) is 17.5 Å². The van der Waals surface area contributed by atoms with Gasteiger partial charge in [0.05, 0.1) is 18.9 Å². The van der Waals surface area contributed by atoms with E-state index < -0.39 is 0 Å². The predicted octanol–water partition coefficient (Wildman–Crippen LogP) is 2.43. The number of aromatic nitrogens is 2. The van der Waals surface area contributed by atoms with Crippen molar-refractivity contribution in [2.45, 2.75) is 25.8 Å². The lowest BCUT2D eigenvalue weighted by Gasteiger charge is -2.24. The molecule has 1 aliphatic heterocycles. The molecule has 1 fully saturated rings. The van der Waals surface area contributed by atoms with Gasteiger partial charge in [0.15, 0.2) is 0 Å². The van der Waals surface area contributed by atoms with Crippen molar-refractivity contribution in [3.8, 4) is 0 Å². The normalized spacial score (nSPS) is 17.2. The van der Waals surface area contributed by atoms with Gasteiger partial charge in [-0.2, -0.15) is 0 Å². The third-order valence-corrected chi connectivity index (χ3v) is 4.21. The molecule has 2 aromatic rings. The summed E-state index contributed by atoms with van der Waals surface area (Å²) in [7, 11) is 0. The third-order valence-electron chi connectivity index (χ3n) is 4.21. The van der Waals surface area contributed by atoms with E-state index in [-0.39, 0.29) is 18.3 Å². The number of ether oxygens (including phenoxy) is 1. The second-order valence-electron chi connectivity index (χ2n) is 6.00. The smallest absolute Gasteiger partial charge is 0.132 e. The molecule has 0 amide bonds. The summed E-state index contributed by atoms with van der Waals surface area (Å²) in [4.78, 5) is 10.9. The van der Waals surface area contributed by atoms with Crippen LogP contribution in [-0.4, -0.2) is 41.4 Å². The number of aryl methyl sites for hydroxylation is 1. The molecule has 1 N–H and O–H groups in total. The molecular formula is C18H22FN3O2. The minimum atomic E-state index is -0.254. The van der Waals surface area contributed by atoms with Crippen LogP contribution in [0, 0.1) is 12.7 Å². The number of halogens is 1. The van der Waals surface area contributed by atoms with E-state index in [1.807, 2.05) is 24.0 Å². The summed E-state index contributed by atoms with van der Waals surface area (Å²) < 4.78 is 19.4. The quantitative estimate of drug-likeness (QED) is 0.881. The van der Waals surface area contributed by atoms with E-state index in [9.17, 15) is 9.50 Å². The minimum absolute atomic E-state index is 0.0284. The Kier molecular flexibility index (Phi) is 5.37. The highest BCUT2D eigenvalue weighted by atomic mass is 19.1. The first-order valence-electron chi connectivity index (χ1n) is 8.20.